The van der Waals surface area contributed by atoms with E-state index in [0.717, 1.165) is 40.1 Å². The zero-order valence-electron chi connectivity index (χ0n) is 15.0. The summed E-state index contributed by atoms with van der Waals surface area (Å²) in [7, 11) is 0. The molecule has 4 nitrogen and oxygen atoms in total. The molecule has 0 fully saturated rings. The van der Waals surface area contributed by atoms with E-state index in [1.807, 2.05) is 6.20 Å². The van der Waals surface area contributed by atoms with Gasteiger partial charge in [-0.2, -0.15) is 5.26 Å². The minimum atomic E-state index is 0.245. The van der Waals surface area contributed by atoms with Crippen molar-refractivity contribution in [2.24, 2.45) is 4.99 Å². The number of aromatic nitrogens is 1. The molecule has 1 aromatic heterocycles. The molecule has 124 valence electrons. The van der Waals surface area contributed by atoms with Crippen LogP contribution in [0.1, 0.15) is 50.6 Å². The Morgan fingerprint density at radius 1 is 1.17 bits per heavy atom. The maximum atomic E-state index is 9.90. The SMILES string of the molecule is Cc1ccc2c(c1)c(C#N)c(C1=NC=CCN1C(C)C)n2C(C)C. The predicted octanol–water partition coefficient (Wildman–Crippen LogP) is 4.39. The van der Waals surface area contributed by atoms with E-state index in [1.54, 1.807) is 0 Å². The van der Waals surface area contributed by atoms with Crippen molar-refractivity contribution >= 4 is 16.7 Å². The van der Waals surface area contributed by atoms with Crippen molar-refractivity contribution in [3.63, 3.8) is 0 Å². The fourth-order valence-corrected chi connectivity index (χ4v) is 3.39. The van der Waals surface area contributed by atoms with E-state index >= 15 is 0 Å². The zero-order chi connectivity index (χ0) is 17.4. The highest BCUT2D eigenvalue weighted by molar-refractivity contribution is 6.07. The lowest BCUT2D eigenvalue weighted by Gasteiger charge is -2.32. The molecule has 4 heteroatoms. The van der Waals surface area contributed by atoms with Gasteiger partial charge in [0.25, 0.3) is 0 Å². The zero-order valence-corrected chi connectivity index (χ0v) is 15.0. The standard InChI is InChI=1S/C20H24N4/c1-13(2)23-10-6-9-22-20(23)19-17(12-21)16-11-15(5)7-8-18(16)24(19)14(3)4/h6-9,11,13-14H,10H2,1-5H3. The molecule has 0 aliphatic carbocycles. The number of benzene rings is 1. The van der Waals surface area contributed by atoms with Gasteiger partial charge in [-0.3, -0.25) is 0 Å². The van der Waals surface area contributed by atoms with Crippen LogP contribution in [0.25, 0.3) is 10.9 Å². The molecule has 24 heavy (non-hydrogen) atoms. The monoisotopic (exact) mass is 320 g/mol. The van der Waals surface area contributed by atoms with Crippen molar-refractivity contribution in [1.82, 2.24) is 9.47 Å². The summed E-state index contributed by atoms with van der Waals surface area (Å²) in [6, 6.07) is 9.34. The van der Waals surface area contributed by atoms with E-state index in [0.29, 0.717) is 6.04 Å². The highest BCUT2D eigenvalue weighted by Crippen LogP contribution is 2.32. The molecule has 0 unspecified atom stereocenters. The molecule has 0 radical (unpaired) electrons. The smallest absolute Gasteiger partial charge is 0.154 e. The fraction of sp³-hybridized carbons (Fsp3) is 0.400. The van der Waals surface area contributed by atoms with Crippen LogP contribution in [0.4, 0.5) is 0 Å². The van der Waals surface area contributed by atoms with Crippen molar-refractivity contribution < 1.29 is 0 Å². The highest BCUT2D eigenvalue weighted by Gasteiger charge is 2.27. The summed E-state index contributed by atoms with van der Waals surface area (Å²) in [5, 5.41) is 10.9. The van der Waals surface area contributed by atoms with Crippen LogP contribution in [0.2, 0.25) is 0 Å². The van der Waals surface area contributed by atoms with Gasteiger partial charge in [0.1, 0.15) is 11.8 Å². The topological polar surface area (TPSA) is 44.3 Å². The Bertz CT molecular complexity index is 875. The second-order valence-corrected chi connectivity index (χ2v) is 6.90. The van der Waals surface area contributed by atoms with Gasteiger partial charge in [-0.05, 0) is 52.8 Å². The van der Waals surface area contributed by atoms with Crippen molar-refractivity contribution in [3.8, 4) is 6.07 Å². The van der Waals surface area contributed by atoms with Crippen LogP contribution in [0.5, 0.6) is 0 Å². The normalized spacial score (nSPS) is 14.6. The number of aliphatic imine (C=N–C) groups is 1. The van der Waals surface area contributed by atoms with Crippen LogP contribution >= 0.6 is 0 Å². The lowest BCUT2D eigenvalue weighted by Crippen LogP contribution is -2.40. The number of amidine groups is 1. The van der Waals surface area contributed by atoms with E-state index in [1.165, 1.54) is 0 Å². The minimum Gasteiger partial charge on any atom is -0.349 e. The number of hydrogen-bond acceptors (Lipinski definition) is 3. The van der Waals surface area contributed by atoms with Crippen LogP contribution in [0.3, 0.4) is 0 Å². The largest absolute Gasteiger partial charge is 0.349 e. The third-order valence-electron chi connectivity index (χ3n) is 4.50. The summed E-state index contributed by atoms with van der Waals surface area (Å²) < 4.78 is 2.25. The molecule has 1 aliphatic heterocycles. The summed E-state index contributed by atoms with van der Waals surface area (Å²) in [6.07, 6.45) is 3.91. The second kappa shape index (κ2) is 6.16. The average molecular weight is 320 g/mol. The molecule has 3 rings (SSSR count). The summed E-state index contributed by atoms with van der Waals surface area (Å²) in [5.41, 5.74) is 3.93. The summed E-state index contributed by atoms with van der Waals surface area (Å²) in [6.45, 7) is 11.5. The molecule has 2 aromatic rings. The Labute approximate surface area is 143 Å². The van der Waals surface area contributed by atoms with Crippen LogP contribution in [-0.4, -0.2) is 27.9 Å². The molecule has 0 saturated heterocycles. The van der Waals surface area contributed by atoms with E-state index < -0.39 is 0 Å². The number of nitrogens with zero attached hydrogens (tertiary/aromatic N) is 4. The Morgan fingerprint density at radius 3 is 2.54 bits per heavy atom. The van der Waals surface area contributed by atoms with Gasteiger partial charge in [-0.1, -0.05) is 11.6 Å². The molecular weight excluding hydrogens is 296 g/mol. The second-order valence-electron chi connectivity index (χ2n) is 6.90. The van der Waals surface area contributed by atoms with Gasteiger partial charge in [-0.15, -0.1) is 0 Å². The molecule has 0 atom stereocenters. The Hall–Kier alpha value is -2.54. The number of hydrogen-bond donors (Lipinski definition) is 0. The molecule has 1 aliphatic rings. The molecule has 2 heterocycles. The first-order valence-corrected chi connectivity index (χ1v) is 8.50. The number of nitriles is 1. The first-order chi connectivity index (χ1) is 11.5. The number of aryl methyl sites for hydroxylation is 1. The Balaban J connectivity index is 2.38. The number of fused-ring (bicyclic) bond motifs is 1. The molecule has 0 N–H and O–H groups in total. The Kier molecular flexibility index (Phi) is 4.19. The maximum Gasteiger partial charge on any atom is 0.154 e. The van der Waals surface area contributed by atoms with Crippen molar-refractivity contribution in [2.45, 2.75) is 46.7 Å². The van der Waals surface area contributed by atoms with Crippen LogP contribution < -0.4 is 0 Å². The fourth-order valence-electron chi connectivity index (χ4n) is 3.39. The Morgan fingerprint density at radius 2 is 1.92 bits per heavy atom. The maximum absolute atomic E-state index is 9.90. The van der Waals surface area contributed by atoms with Gasteiger partial charge in [-0.25, -0.2) is 4.99 Å². The van der Waals surface area contributed by atoms with E-state index in [-0.39, 0.29) is 6.04 Å². The van der Waals surface area contributed by atoms with Crippen molar-refractivity contribution in [3.05, 3.63) is 47.3 Å². The molecule has 0 spiro atoms. The first kappa shape index (κ1) is 16.3. The average Bonchev–Trinajstić information content (AvgIpc) is 2.88. The molecule has 0 amide bonds. The third-order valence-corrected chi connectivity index (χ3v) is 4.50. The van der Waals surface area contributed by atoms with Gasteiger partial charge >= 0.3 is 0 Å². The lowest BCUT2D eigenvalue weighted by molar-refractivity contribution is 0.377. The third kappa shape index (κ3) is 2.50. The minimum absolute atomic E-state index is 0.245. The molecular formula is C20H24N4. The van der Waals surface area contributed by atoms with Crippen LogP contribution in [0.15, 0.2) is 35.5 Å². The van der Waals surface area contributed by atoms with Crippen LogP contribution in [-0.2, 0) is 0 Å². The van der Waals surface area contributed by atoms with Gasteiger partial charge < -0.3 is 9.47 Å². The highest BCUT2D eigenvalue weighted by atomic mass is 15.2. The summed E-state index contributed by atoms with van der Waals surface area (Å²) >= 11 is 0. The first-order valence-electron chi connectivity index (χ1n) is 8.50. The van der Waals surface area contributed by atoms with Crippen molar-refractivity contribution in [1.29, 1.82) is 5.26 Å². The predicted molar refractivity (Wildman–Crippen MR) is 99.3 cm³/mol. The summed E-state index contributed by atoms with van der Waals surface area (Å²) in [4.78, 5) is 6.91. The quantitative estimate of drug-likeness (QED) is 0.842. The van der Waals surface area contributed by atoms with Gasteiger partial charge in [0, 0.05) is 30.2 Å². The van der Waals surface area contributed by atoms with Crippen LogP contribution in [0, 0.1) is 18.3 Å². The molecule has 1 aromatic carbocycles. The van der Waals surface area contributed by atoms with E-state index in [4.69, 9.17) is 0 Å². The summed E-state index contributed by atoms with van der Waals surface area (Å²) in [5.74, 6) is 0.895. The lowest BCUT2D eigenvalue weighted by atomic mass is 10.1. The van der Waals surface area contributed by atoms with Gasteiger partial charge in [0.05, 0.1) is 11.1 Å². The van der Waals surface area contributed by atoms with Crippen molar-refractivity contribution in [2.75, 3.05) is 6.54 Å². The van der Waals surface area contributed by atoms with Gasteiger partial charge in [0.2, 0.25) is 0 Å². The van der Waals surface area contributed by atoms with Gasteiger partial charge in [0.15, 0.2) is 5.84 Å². The number of rotatable bonds is 3. The van der Waals surface area contributed by atoms with E-state index in [9.17, 15) is 5.26 Å². The van der Waals surface area contributed by atoms with E-state index in [2.05, 4.69) is 79.4 Å². The molecule has 0 saturated carbocycles. The molecule has 0 bridgehead atoms.